The van der Waals surface area contributed by atoms with E-state index in [2.05, 4.69) is 6.07 Å². The number of nitrogens with zero attached hydrogens (tertiary/aromatic N) is 2. The molecule has 0 aliphatic heterocycles. The van der Waals surface area contributed by atoms with Crippen LogP contribution in [-0.2, 0) is 0 Å². The Labute approximate surface area is 115 Å². The smallest absolute Gasteiger partial charge is 0.335 e. The number of hydrogen-bond acceptors (Lipinski definition) is 2. The Bertz CT molecular complexity index is 856. The first-order valence-electron chi connectivity index (χ1n) is 6.04. The zero-order valence-corrected chi connectivity index (χ0v) is 10.4. The minimum atomic E-state index is -0.984. The van der Waals surface area contributed by atoms with Crippen molar-refractivity contribution in [3.63, 3.8) is 0 Å². The van der Waals surface area contributed by atoms with Crippen molar-refractivity contribution in [2.75, 3.05) is 0 Å². The first-order chi connectivity index (χ1) is 9.70. The maximum Gasteiger partial charge on any atom is 0.335 e. The monoisotopic (exact) mass is 262 g/mol. The van der Waals surface area contributed by atoms with Crippen molar-refractivity contribution in [3.8, 4) is 11.8 Å². The molecule has 20 heavy (non-hydrogen) atoms. The van der Waals surface area contributed by atoms with Gasteiger partial charge in [-0.25, -0.2) is 4.79 Å². The Balaban J connectivity index is 2.27. The first-order valence-corrected chi connectivity index (χ1v) is 6.04. The minimum absolute atomic E-state index is 0.198. The number of aromatic carboxylic acids is 1. The van der Waals surface area contributed by atoms with E-state index in [1.165, 1.54) is 6.07 Å². The molecule has 0 aliphatic carbocycles. The third-order valence-electron chi connectivity index (χ3n) is 3.20. The highest BCUT2D eigenvalue weighted by Crippen LogP contribution is 2.24. The molecule has 4 heteroatoms. The van der Waals surface area contributed by atoms with Crippen LogP contribution in [0.25, 0.3) is 16.5 Å². The average molecular weight is 262 g/mol. The van der Waals surface area contributed by atoms with E-state index >= 15 is 0 Å². The van der Waals surface area contributed by atoms with E-state index in [1.54, 1.807) is 22.8 Å². The number of carbonyl (C=O) groups is 1. The van der Waals surface area contributed by atoms with E-state index < -0.39 is 5.97 Å². The normalized spacial score (nSPS) is 10.3. The van der Waals surface area contributed by atoms with Crippen LogP contribution in [0, 0.1) is 11.3 Å². The Morgan fingerprint density at radius 1 is 1.15 bits per heavy atom. The SMILES string of the molecule is N#Cc1c2ccccc2cn1-c1cccc(C(=O)O)c1. The first kappa shape index (κ1) is 12.0. The van der Waals surface area contributed by atoms with E-state index in [9.17, 15) is 10.1 Å². The molecule has 0 unspecified atom stereocenters. The molecule has 1 aromatic heterocycles. The molecule has 0 fully saturated rings. The molecule has 4 nitrogen and oxygen atoms in total. The van der Waals surface area contributed by atoms with E-state index in [-0.39, 0.29) is 5.56 Å². The largest absolute Gasteiger partial charge is 0.478 e. The van der Waals surface area contributed by atoms with E-state index in [4.69, 9.17) is 5.11 Å². The van der Waals surface area contributed by atoms with Crippen LogP contribution in [0.1, 0.15) is 16.1 Å². The second-order valence-corrected chi connectivity index (χ2v) is 4.40. The van der Waals surface area contributed by atoms with Gasteiger partial charge in [0.2, 0.25) is 0 Å². The van der Waals surface area contributed by atoms with Gasteiger partial charge in [-0.05, 0) is 18.2 Å². The van der Waals surface area contributed by atoms with Crippen molar-refractivity contribution in [2.24, 2.45) is 0 Å². The minimum Gasteiger partial charge on any atom is -0.478 e. The second kappa shape index (κ2) is 4.56. The van der Waals surface area contributed by atoms with Crippen molar-refractivity contribution in [3.05, 3.63) is 66.0 Å². The second-order valence-electron chi connectivity index (χ2n) is 4.40. The fraction of sp³-hybridized carbons (Fsp3) is 0. The van der Waals surface area contributed by atoms with Crippen LogP contribution in [0.4, 0.5) is 0 Å². The van der Waals surface area contributed by atoms with Crippen LogP contribution in [0.2, 0.25) is 0 Å². The Morgan fingerprint density at radius 2 is 1.95 bits per heavy atom. The van der Waals surface area contributed by atoms with E-state index in [0.717, 1.165) is 10.8 Å². The van der Waals surface area contributed by atoms with Gasteiger partial charge >= 0.3 is 5.97 Å². The summed E-state index contributed by atoms with van der Waals surface area (Å²) < 4.78 is 1.72. The number of rotatable bonds is 2. The van der Waals surface area contributed by atoms with Crippen molar-refractivity contribution < 1.29 is 9.90 Å². The highest BCUT2D eigenvalue weighted by molar-refractivity contribution is 5.90. The van der Waals surface area contributed by atoms with Gasteiger partial charge in [-0.2, -0.15) is 5.26 Å². The third-order valence-corrected chi connectivity index (χ3v) is 3.20. The van der Waals surface area contributed by atoms with Crippen LogP contribution in [0.5, 0.6) is 0 Å². The van der Waals surface area contributed by atoms with Crippen LogP contribution in [0.3, 0.4) is 0 Å². The molecule has 0 bridgehead atoms. The lowest BCUT2D eigenvalue weighted by Gasteiger charge is -2.05. The van der Waals surface area contributed by atoms with Gasteiger partial charge in [-0.15, -0.1) is 0 Å². The van der Waals surface area contributed by atoms with E-state index in [1.807, 2.05) is 30.5 Å². The molecule has 0 aliphatic rings. The molecular weight excluding hydrogens is 252 g/mol. The number of benzene rings is 2. The van der Waals surface area contributed by atoms with Crippen molar-refractivity contribution in [1.82, 2.24) is 4.57 Å². The Hall–Kier alpha value is -3.06. The molecule has 1 N–H and O–H groups in total. The summed E-state index contributed by atoms with van der Waals surface area (Å²) >= 11 is 0. The third kappa shape index (κ3) is 1.82. The molecule has 0 saturated carbocycles. The van der Waals surface area contributed by atoms with Gasteiger partial charge in [0, 0.05) is 22.7 Å². The molecule has 1 heterocycles. The van der Waals surface area contributed by atoms with Crippen LogP contribution in [0.15, 0.2) is 54.7 Å². The maximum absolute atomic E-state index is 11.0. The molecule has 0 spiro atoms. The number of carboxylic acid groups (broad SMARTS) is 1. The standard InChI is InChI=1S/C16H10N2O2/c17-9-15-14-7-2-1-4-12(14)10-18(15)13-6-3-5-11(8-13)16(19)20/h1-8,10H,(H,19,20). The van der Waals surface area contributed by atoms with E-state index in [0.29, 0.717) is 11.4 Å². The summed E-state index contributed by atoms with van der Waals surface area (Å²) in [4.78, 5) is 11.0. The van der Waals surface area contributed by atoms with Gasteiger partial charge in [0.15, 0.2) is 0 Å². The lowest BCUT2D eigenvalue weighted by atomic mass is 10.2. The molecule has 3 aromatic rings. The summed E-state index contributed by atoms with van der Waals surface area (Å²) in [5.74, 6) is -0.984. The van der Waals surface area contributed by atoms with Gasteiger partial charge in [0.1, 0.15) is 11.8 Å². The number of carboxylic acids is 1. The molecule has 0 amide bonds. The zero-order chi connectivity index (χ0) is 14.1. The predicted molar refractivity (Wildman–Crippen MR) is 74.9 cm³/mol. The molecule has 3 rings (SSSR count). The number of hydrogen-bond donors (Lipinski definition) is 1. The van der Waals surface area contributed by atoms with Gasteiger partial charge in [0.25, 0.3) is 0 Å². The lowest BCUT2D eigenvalue weighted by molar-refractivity contribution is 0.0697. The molecule has 96 valence electrons. The number of nitriles is 1. The highest BCUT2D eigenvalue weighted by Gasteiger charge is 2.11. The molecule has 0 atom stereocenters. The van der Waals surface area contributed by atoms with Gasteiger partial charge in [-0.3, -0.25) is 0 Å². The Morgan fingerprint density at radius 3 is 2.70 bits per heavy atom. The molecule has 0 radical (unpaired) electrons. The number of aromatic nitrogens is 1. The zero-order valence-electron chi connectivity index (χ0n) is 10.4. The quantitative estimate of drug-likeness (QED) is 0.771. The van der Waals surface area contributed by atoms with Gasteiger partial charge in [0.05, 0.1) is 5.56 Å². The van der Waals surface area contributed by atoms with Gasteiger partial charge in [-0.1, -0.05) is 30.3 Å². The van der Waals surface area contributed by atoms with Crippen LogP contribution >= 0.6 is 0 Å². The predicted octanol–water partition coefficient (Wildman–Crippen LogP) is 3.20. The lowest BCUT2D eigenvalue weighted by Crippen LogP contribution is -2.00. The molecule has 0 saturated heterocycles. The van der Waals surface area contributed by atoms with Crippen molar-refractivity contribution in [2.45, 2.75) is 0 Å². The fourth-order valence-corrected chi connectivity index (χ4v) is 2.27. The maximum atomic E-state index is 11.0. The summed E-state index contributed by atoms with van der Waals surface area (Å²) in [6.45, 7) is 0. The van der Waals surface area contributed by atoms with Crippen molar-refractivity contribution in [1.29, 1.82) is 5.26 Å². The summed E-state index contributed by atoms with van der Waals surface area (Å²) in [6.07, 6.45) is 1.84. The summed E-state index contributed by atoms with van der Waals surface area (Å²) in [5.41, 5.74) is 1.37. The highest BCUT2D eigenvalue weighted by atomic mass is 16.4. The van der Waals surface area contributed by atoms with Crippen LogP contribution < -0.4 is 0 Å². The summed E-state index contributed by atoms with van der Waals surface area (Å²) in [7, 11) is 0. The fourth-order valence-electron chi connectivity index (χ4n) is 2.27. The van der Waals surface area contributed by atoms with Crippen molar-refractivity contribution >= 4 is 16.7 Å². The Kier molecular flexibility index (Phi) is 2.73. The summed E-state index contributed by atoms with van der Waals surface area (Å²) in [5, 5.41) is 20.2. The topological polar surface area (TPSA) is 66.0 Å². The van der Waals surface area contributed by atoms with Crippen LogP contribution in [-0.4, -0.2) is 15.6 Å². The summed E-state index contributed by atoms with van der Waals surface area (Å²) in [6, 6.07) is 16.3. The van der Waals surface area contributed by atoms with Gasteiger partial charge < -0.3 is 9.67 Å². The average Bonchev–Trinajstić information content (AvgIpc) is 2.86. The molecular formula is C16H10N2O2. The number of fused-ring (bicyclic) bond motifs is 1. The molecule has 2 aromatic carbocycles.